The molecule has 1 aliphatic carbocycles. The smallest absolute Gasteiger partial charge is 0.299 e. The van der Waals surface area contributed by atoms with Crippen molar-refractivity contribution in [2.45, 2.75) is 51.4 Å². The van der Waals surface area contributed by atoms with E-state index in [4.69, 9.17) is 0 Å². The molecule has 0 spiro atoms. The minimum atomic E-state index is -4.69. The summed E-state index contributed by atoms with van der Waals surface area (Å²) in [4.78, 5) is 2.35. The van der Waals surface area contributed by atoms with Gasteiger partial charge in [0.2, 0.25) is 10.0 Å². The third-order valence-electron chi connectivity index (χ3n) is 6.12. The molecule has 2 aliphatic rings. The maximum Gasteiger partial charge on any atom is 0.408 e. The molecule has 166 valence electrons. The largest absolute Gasteiger partial charge is 0.408 e. The molecule has 1 aromatic carbocycles. The Bertz CT molecular complexity index is 759. The van der Waals surface area contributed by atoms with Gasteiger partial charge in [0, 0.05) is 6.54 Å². The fourth-order valence-electron chi connectivity index (χ4n) is 4.26. The van der Waals surface area contributed by atoms with Gasteiger partial charge in [-0.2, -0.15) is 17.9 Å². The van der Waals surface area contributed by atoms with E-state index in [0.29, 0.717) is 6.54 Å². The second kappa shape index (κ2) is 9.54. The molecule has 1 N–H and O–H groups in total. The number of likely N-dealkylation sites (tertiary alicyclic amines) is 1. The molecule has 9 heteroatoms. The number of rotatable bonds is 7. The Kier molecular flexibility index (Phi) is 8.04. The summed E-state index contributed by atoms with van der Waals surface area (Å²) in [5, 5.41) is 0. The number of benzene rings is 1. The van der Waals surface area contributed by atoms with Crippen LogP contribution in [0.5, 0.6) is 0 Å². The molecule has 29 heavy (non-hydrogen) atoms. The average Bonchev–Trinajstić information content (AvgIpc) is 3.44. The van der Waals surface area contributed by atoms with E-state index >= 15 is 0 Å². The van der Waals surface area contributed by atoms with Gasteiger partial charge in [0.05, 0.1) is 6.26 Å². The molecule has 0 radical (unpaired) electrons. The van der Waals surface area contributed by atoms with Crippen LogP contribution in [0, 0.1) is 17.8 Å². The molecular weight excluding hydrogens is 425 g/mol. The van der Waals surface area contributed by atoms with Crippen LogP contribution in [-0.4, -0.2) is 38.8 Å². The second-order valence-corrected chi connectivity index (χ2v) is 10.2. The first-order chi connectivity index (χ1) is 13.0. The van der Waals surface area contributed by atoms with Crippen molar-refractivity contribution in [1.82, 2.24) is 9.62 Å². The van der Waals surface area contributed by atoms with E-state index in [2.05, 4.69) is 11.8 Å². The lowest BCUT2D eigenvalue weighted by molar-refractivity contribution is -0.153. The first-order valence-electron chi connectivity index (χ1n) is 9.88. The van der Waals surface area contributed by atoms with Gasteiger partial charge in [-0.3, -0.25) is 4.90 Å². The third kappa shape index (κ3) is 7.12. The van der Waals surface area contributed by atoms with Gasteiger partial charge in [0.25, 0.3) is 0 Å². The molecule has 1 saturated heterocycles. The molecule has 1 heterocycles. The van der Waals surface area contributed by atoms with Crippen molar-refractivity contribution in [3.63, 3.8) is 0 Å². The fourth-order valence-corrected chi connectivity index (χ4v) is 4.95. The first-order valence-corrected chi connectivity index (χ1v) is 11.8. The molecule has 0 amide bonds. The number of halogens is 4. The Balaban J connectivity index is 0.00000300. The summed E-state index contributed by atoms with van der Waals surface area (Å²) in [5.41, 5.74) is 0.844. The minimum absolute atomic E-state index is 0. The lowest BCUT2D eigenvalue weighted by Crippen LogP contribution is -2.37. The Hall–Kier alpha value is -0.830. The molecule has 1 saturated carbocycles. The Labute approximate surface area is 177 Å². The Morgan fingerprint density at radius 1 is 1.07 bits per heavy atom. The van der Waals surface area contributed by atoms with Crippen LogP contribution in [0.15, 0.2) is 24.3 Å². The van der Waals surface area contributed by atoms with E-state index in [1.807, 2.05) is 0 Å². The van der Waals surface area contributed by atoms with E-state index in [-0.39, 0.29) is 18.0 Å². The van der Waals surface area contributed by atoms with Crippen LogP contribution in [0.1, 0.15) is 49.8 Å². The number of hydrogen-bond donors (Lipinski definition) is 1. The lowest BCUT2D eigenvalue weighted by Gasteiger charge is -2.35. The van der Waals surface area contributed by atoms with Crippen LogP contribution >= 0.6 is 12.4 Å². The quantitative estimate of drug-likeness (QED) is 0.659. The standard InChI is InChI=1S/C20H29F3N2O2S.ClH/c1-14(16-7-8-16)17-9-11-25(12-10-17)13-15-3-5-18(6-4-15)19(20(21,22)23)24-28(2,26)27;/h3-6,14,16-17,19,24H,7-13H2,1-2H3;1H/t14?,19-;/m0./s1. The van der Waals surface area contributed by atoms with E-state index in [1.165, 1.54) is 37.8 Å². The molecule has 2 atom stereocenters. The van der Waals surface area contributed by atoms with Gasteiger partial charge in [-0.25, -0.2) is 8.42 Å². The predicted molar refractivity (Wildman–Crippen MR) is 110 cm³/mol. The van der Waals surface area contributed by atoms with Crippen LogP contribution < -0.4 is 4.72 Å². The molecule has 1 unspecified atom stereocenters. The highest BCUT2D eigenvalue weighted by Gasteiger charge is 2.42. The summed E-state index contributed by atoms with van der Waals surface area (Å²) in [6.45, 7) is 5.12. The van der Waals surface area contributed by atoms with Crippen molar-refractivity contribution in [2.24, 2.45) is 17.8 Å². The van der Waals surface area contributed by atoms with Crippen LogP contribution in [-0.2, 0) is 16.6 Å². The number of nitrogens with zero attached hydrogens (tertiary/aromatic N) is 1. The van der Waals surface area contributed by atoms with E-state index in [1.54, 1.807) is 16.9 Å². The zero-order valence-corrected chi connectivity index (χ0v) is 18.4. The fraction of sp³-hybridized carbons (Fsp3) is 0.700. The van der Waals surface area contributed by atoms with Gasteiger partial charge in [-0.05, 0) is 67.7 Å². The van der Waals surface area contributed by atoms with Crippen molar-refractivity contribution in [1.29, 1.82) is 0 Å². The summed E-state index contributed by atoms with van der Waals surface area (Å²) in [5.74, 6) is 2.52. The highest BCUT2D eigenvalue weighted by atomic mass is 35.5. The molecular formula is C20H30ClF3N2O2S. The summed E-state index contributed by atoms with van der Waals surface area (Å²) in [6.07, 6.45) is 1.16. The van der Waals surface area contributed by atoms with Gasteiger partial charge in [-0.15, -0.1) is 12.4 Å². The van der Waals surface area contributed by atoms with Gasteiger partial charge >= 0.3 is 6.18 Å². The maximum atomic E-state index is 13.2. The van der Waals surface area contributed by atoms with Crippen molar-refractivity contribution in [3.05, 3.63) is 35.4 Å². The van der Waals surface area contributed by atoms with E-state index in [0.717, 1.165) is 42.7 Å². The summed E-state index contributed by atoms with van der Waals surface area (Å²) in [7, 11) is -3.98. The van der Waals surface area contributed by atoms with Crippen molar-refractivity contribution >= 4 is 22.4 Å². The van der Waals surface area contributed by atoms with Crippen molar-refractivity contribution in [2.75, 3.05) is 19.3 Å². The second-order valence-electron chi connectivity index (χ2n) is 8.42. The monoisotopic (exact) mass is 454 g/mol. The molecule has 2 fully saturated rings. The van der Waals surface area contributed by atoms with Crippen molar-refractivity contribution < 1.29 is 21.6 Å². The maximum absolute atomic E-state index is 13.2. The van der Waals surface area contributed by atoms with Crippen LogP contribution in [0.3, 0.4) is 0 Å². The molecule has 4 nitrogen and oxygen atoms in total. The SMILES string of the molecule is CC(C1CC1)C1CCN(Cc2ccc([C@H](NS(C)(=O)=O)C(F)(F)F)cc2)CC1.Cl. The zero-order valence-electron chi connectivity index (χ0n) is 16.8. The van der Waals surface area contributed by atoms with E-state index in [9.17, 15) is 21.6 Å². The summed E-state index contributed by atoms with van der Waals surface area (Å²) >= 11 is 0. The zero-order chi connectivity index (χ0) is 20.5. The molecule has 1 aromatic rings. The highest BCUT2D eigenvalue weighted by Crippen LogP contribution is 2.43. The molecule has 0 bridgehead atoms. The van der Waals surface area contributed by atoms with Gasteiger partial charge in [0.15, 0.2) is 0 Å². The number of alkyl halides is 3. The third-order valence-corrected chi connectivity index (χ3v) is 6.78. The minimum Gasteiger partial charge on any atom is -0.299 e. The molecule has 3 rings (SSSR count). The van der Waals surface area contributed by atoms with Crippen LogP contribution in [0.25, 0.3) is 0 Å². The van der Waals surface area contributed by atoms with Gasteiger partial charge in [-0.1, -0.05) is 31.2 Å². The van der Waals surface area contributed by atoms with Crippen LogP contribution in [0.4, 0.5) is 13.2 Å². The topological polar surface area (TPSA) is 49.4 Å². The molecule has 1 aliphatic heterocycles. The number of sulfonamides is 1. The van der Waals surface area contributed by atoms with Crippen LogP contribution in [0.2, 0.25) is 0 Å². The normalized spacial score (nSPS) is 21.4. The van der Waals surface area contributed by atoms with Gasteiger partial charge in [0.1, 0.15) is 6.04 Å². The highest BCUT2D eigenvalue weighted by molar-refractivity contribution is 7.88. The average molecular weight is 455 g/mol. The van der Waals surface area contributed by atoms with Gasteiger partial charge < -0.3 is 0 Å². The predicted octanol–water partition coefficient (Wildman–Crippen LogP) is 4.52. The van der Waals surface area contributed by atoms with E-state index < -0.39 is 22.2 Å². The summed E-state index contributed by atoms with van der Waals surface area (Å²) < 4.78 is 64.0. The number of hydrogen-bond acceptors (Lipinski definition) is 3. The molecule has 0 aromatic heterocycles. The Morgan fingerprint density at radius 3 is 2.03 bits per heavy atom. The first kappa shape index (κ1) is 24.4. The number of nitrogens with one attached hydrogen (secondary N) is 1. The Morgan fingerprint density at radius 2 is 1.59 bits per heavy atom. The summed E-state index contributed by atoms with van der Waals surface area (Å²) in [6, 6.07) is 3.84. The number of piperidine rings is 1. The lowest BCUT2D eigenvalue weighted by atomic mass is 9.82. The van der Waals surface area contributed by atoms with Crippen molar-refractivity contribution in [3.8, 4) is 0 Å².